The first kappa shape index (κ1) is 19.8. The van der Waals surface area contributed by atoms with Crippen molar-refractivity contribution in [1.82, 2.24) is 10.6 Å². The third-order valence-corrected chi connectivity index (χ3v) is 3.99. The van der Waals surface area contributed by atoms with Crippen LogP contribution in [0.15, 0.2) is 10.3 Å². The number of methoxy groups -OCH3 is 1. The van der Waals surface area contributed by atoms with Crippen molar-refractivity contribution in [3.05, 3.63) is 0 Å². The standard InChI is InChI=1S/C14H30N4O3/c1-10(17-19)13(3,4)15-8-12(21-7)9-16-14(5,6)11(2)18-20/h12,15-16,19-20H,8-9H2,1-7H3/b17-10+,18-11+. The van der Waals surface area contributed by atoms with Crippen LogP contribution in [0, 0.1) is 0 Å². The molecular formula is C14H30N4O3. The summed E-state index contributed by atoms with van der Waals surface area (Å²) < 4.78 is 5.44. The Morgan fingerprint density at radius 1 is 0.952 bits per heavy atom. The summed E-state index contributed by atoms with van der Waals surface area (Å²) in [6, 6.07) is 0. The number of nitrogens with zero attached hydrogens (tertiary/aromatic N) is 2. The van der Waals surface area contributed by atoms with Gasteiger partial charge in [0.1, 0.15) is 0 Å². The molecular weight excluding hydrogens is 272 g/mol. The average Bonchev–Trinajstić information content (AvgIpc) is 2.45. The van der Waals surface area contributed by atoms with Gasteiger partial charge in [-0.25, -0.2) is 0 Å². The van der Waals surface area contributed by atoms with Gasteiger partial charge < -0.3 is 25.8 Å². The number of ether oxygens (including phenoxy) is 1. The Labute approximate surface area is 127 Å². The van der Waals surface area contributed by atoms with Crippen LogP contribution >= 0.6 is 0 Å². The molecule has 0 aromatic carbocycles. The van der Waals surface area contributed by atoms with Gasteiger partial charge in [0.15, 0.2) is 0 Å². The molecule has 0 atom stereocenters. The zero-order chi connectivity index (χ0) is 16.7. The Balaban J connectivity index is 4.50. The van der Waals surface area contributed by atoms with Crippen LogP contribution in [0.5, 0.6) is 0 Å². The predicted molar refractivity (Wildman–Crippen MR) is 84.8 cm³/mol. The first-order valence-electron chi connectivity index (χ1n) is 7.01. The highest BCUT2D eigenvalue weighted by atomic mass is 16.5. The Morgan fingerprint density at radius 3 is 1.52 bits per heavy atom. The van der Waals surface area contributed by atoms with E-state index in [0.29, 0.717) is 24.5 Å². The van der Waals surface area contributed by atoms with Crippen molar-refractivity contribution in [2.45, 2.75) is 58.7 Å². The van der Waals surface area contributed by atoms with E-state index in [2.05, 4.69) is 20.9 Å². The van der Waals surface area contributed by atoms with Crippen LogP contribution < -0.4 is 10.6 Å². The zero-order valence-corrected chi connectivity index (χ0v) is 14.2. The zero-order valence-electron chi connectivity index (χ0n) is 14.2. The summed E-state index contributed by atoms with van der Waals surface area (Å²) in [5.41, 5.74) is 0.385. The van der Waals surface area contributed by atoms with E-state index < -0.39 is 11.1 Å². The minimum absolute atomic E-state index is 0.0680. The molecule has 0 fully saturated rings. The Kier molecular flexibility index (Phi) is 7.84. The molecule has 0 aromatic rings. The molecule has 0 aliphatic carbocycles. The van der Waals surface area contributed by atoms with Gasteiger partial charge in [0.2, 0.25) is 0 Å². The molecule has 0 amide bonds. The first-order valence-corrected chi connectivity index (χ1v) is 7.01. The maximum absolute atomic E-state index is 8.86. The molecule has 0 unspecified atom stereocenters. The molecule has 0 rings (SSSR count). The van der Waals surface area contributed by atoms with E-state index in [9.17, 15) is 0 Å². The summed E-state index contributed by atoms with van der Waals surface area (Å²) in [4.78, 5) is 0. The topological polar surface area (TPSA) is 98.5 Å². The Morgan fingerprint density at radius 2 is 1.29 bits per heavy atom. The summed E-state index contributed by atoms with van der Waals surface area (Å²) in [7, 11) is 1.65. The lowest BCUT2D eigenvalue weighted by Crippen LogP contribution is -2.53. The predicted octanol–water partition coefficient (Wildman–Crippen LogP) is 1.44. The number of hydrogen-bond acceptors (Lipinski definition) is 7. The fourth-order valence-corrected chi connectivity index (χ4v) is 1.48. The summed E-state index contributed by atoms with van der Waals surface area (Å²) in [6.07, 6.45) is -0.0680. The van der Waals surface area contributed by atoms with E-state index in [4.69, 9.17) is 15.2 Å². The van der Waals surface area contributed by atoms with Crippen LogP contribution in [0.1, 0.15) is 41.5 Å². The first-order chi connectivity index (χ1) is 9.60. The molecule has 0 aromatic heterocycles. The van der Waals surface area contributed by atoms with Crippen LogP contribution in [0.25, 0.3) is 0 Å². The van der Waals surface area contributed by atoms with Gasteiger partial charge in [-0.3, -0.25) is 0 Å². The fraction of sp³-hybridized carbons (Fsp3) is 0.857. The molecule has 0 heterocycles. The van der Waals surface area contributed by atoms with E-state index in [-0.39, 0.29) is 6.10 Å². The molecule has 0 spiro atoms. The maximum atomic E-state index is 8.86. The van der Waals surface area contributed by atoms with Crippen LogP contribution in [-0.2, 0) is 4.74 Å². The molecule has 0 aliphatic heterocycles. The Hall–Kier alpha value is -1.18. The van der Waals surface area contributed by atoms with Crippen molar-refractivity contribution < 1.29 is 15.2 Å². The monoisotopic (exact) mass is 302 g/mol. The van der Waals surface area contributed by atoms with Gasteiger partial charge in [0, 0.05) is 20.2 Å². The number of nitrogens with one attached hydrogen (secondary N) is 2. The summed E-state index contributed by atoms with van der Waals surface area (Å²) in [6.45, 7) is 12.5. The molecule has 0 saturated heterocycles. The quantitative estimate of drug-likeness (QED) is 0.293. The third kappa shape index (κ3) is 6.41. The summed E-state index contributed by atoms with van der Waals surface area (Å²) >= 11 is 0. The smallest absolute Gasteiger partial charge is 0.0820 e. The minimum atomic E-state index is -0.413. The van der Waals surface area contributed by atoms with Gasteiger partial charge in [-0.1, -0.05) is 10.3 Å². The minimum Gasteiger partial charge on any atom is -0.411 e. The van der Waals surface area contributed by atoms with E-state index in [1.807, 2.05) is 27.7 Å². The van der Waals surface area contributed by atoms with E-state index in [1.54, 1.807) is 21.0 Å². The highest BCUT2D eigenvalue weighted by Gasteiger charge is 2.25. The lowest BCUT2D eigenvalue weighted by molar-refractivity contribution is 0.0931. The summed E-state index contributed by atoms with van der Waals surface area (Å²) in [5.74, 6) is 0. The molecule has 0 bridgehead atoms. The highest BCUT2D eigenvalue weighted by Crippen LogP contribution is 2.08. The molecule has 0 radical (unpaired) electrons. The van der Waals surface area contributed by atoms with E-state index in [0.717, 1.165) is 0 Å². The second-order valence-electron chi connectivity index (χ2n) is 6.24. The SMILES string of the molecule is COC(CNC(C)(C)/C(C)=N/O)CNC(C)(C)/C(C)=N/O. The van der Waals surface area contributed by atoms with Gasteiger partial charge in [-0.15, -0.1) is 0 Å². The fourth-order valence-electron chi connectivity index (χ4n) is 1.48. The van der Waals surface area contributed by atoms with Gasteiger partial charge in [0.25, 0.3) is 0 Å². The molecule has 4 N–H and O–H groups in total. The number of hydrogen-bond donors (Lipinski definition) is 4. The van der Waals surface area contributed by atoms with Crippen molar-refractivity contribution in [2.24, 2.45) is 10.3 Å². The molecule has 7 heteroatoms. The molecule has 0 saturated carbocycles. The molecule has 7 nitrogen and oxygen atoms in total. The third-order valence-electron chi connectivity index (χ3n) is 3.99. The highest BCUT2D eigenvalue weighted by molar-refractivity contribution is 5.90. The van der Waals surface area contributed by atoms with Crippen LogP contribution in [0.3, 0.4) is 0 Å². The van der Waals surface area contributed by atoms with Crippen molar-refractivity contribution in [1.29, 1.82) is 0 Å². The van der Waals surface area contributed by atoms with Crippen LogP contribution in [0.2, 0.25) is 0 Å². The second-order valence-corrected chi connectivity index (χ2v) is 6.24. The number of rotatable bonds is 9. The largest absolute Gasteiger partial charge is 0.411 e. The van der Waals surface area contributed by atoms with E-state index in [1.165, 1.54) is 0 Å². The molecule has 0 aliphatic rings. The van der Waals surface area contributed by atoms with Crippen LogP contribution in [0.4, 0.5) is 0 Å². The average molecular weight is 302 g/mol. The van der Waals surface area contributed by atoms with Crippen molar-refractivity contribution in [2.75, 3.05) is 20.2 Å². The molecule has 124 valence electrons. The van der Waals surface area contributed by atoms with E-state index >= 15 is 0 Å². The second kappa shape index (κ2) is 8.31. The van der Waals surface area contributed by atoms with Gasteiger partial charge in [-0.2, -0.15) is 0 Å². The lowest BCUT2D eigenvalue weighted by Gasteiger charge is -2.31. The van der Waals surface area contributed by atoms with Crippen molar-refractivity contribution >= 4 is 11.4 Å². The van der Waals surface area contributed by atoms with Gasteiger partial charge in [-0.05, 0) is 41.5 Å². The maximum Gasteiger partial charge on any atom is 0.0820 e. The lowest BCUT2D eigenvalue weighted by atomic mass is 9.98. The van der Waals surface area contributed by atoms with Crippen LogP contribution in [-0.4, -0.2) is 59.2 Å². The van der Waals surface area contributed by atoms with Gasteiger partial charge in [0.05, 0.1) is 28.6 Å². The normalized spacial score (nSPS) is 14.9. The van der Waals surface area contributed by atoms with Gasteiger partial charge >= 0.3 is 0 Å². The van der Waals surface area contributed by atoms with Crippen molar-refractivity contribution in [3.63, 3.8) is 0 Å². The Bertz CT molecular complexity index is 344. The van der Waals surface area contributed by atoms with Crippen molar-refractivity contribution in [3.8, 4) is 0 Å². The summed E-state index contributed by atoms with van der Waals surface area (Å²) in [5, 5.41) is 30.8. The number of oxime groups is 2. The molecule has 21 heavy (non-hydrogen) atoms.